The zero-order valence-corrected chi connectivity index (χ0v) is 2.93. The summed E-state index contributed by atoms with van der Waals surface area (Å²) in [6, 6.07) is 0. The second-order valence-corrected chi connectivity index (χ2v) is 0.557. The van der Waals surface area contributed by atoms with Crippen LogP contribution in [0.2, 0.25) is 0 Å². The number of esters is 1. The Labute approximate surface area is 34.9 Å². The van der Waals surface area contributed by atoms with Crippen molar-refractivity contribution in [3.8, 4) is 0 Å². The van der Waals surface area contributed by atoms with Gasteiger partial charge in [-0.1, -0.05) is 0 Å². The number of hydrogen-bond acceptors (Lipinski definition) is 3. The Balaban J connectivity index is 3.05. The zero-order chi connectivity index (χ0) is 4.99. The van der Waals surface area contributed by atoms with E-state index < -0.39 is 5.97 Å². The van der Waals surface area contributed by atoms with E-state index >= 15 is 0 Å². The topological polar surface area (TPSA) is 43.4 Å². The van der Waals surface area contributed by atoms with E-state index in [1.807, 2.05) is 0 Å². The molecule has 0 bridgehead atoms. The molecule has 0 saturated carbocycles. The van der Waals surface area contributed by atoms with E-state index in [1.165, 1.54) is 0 Å². The third-order valence-electron chi connectivity index (χ3n) is 0.156. The fourth-order valence-corrected chi connectivity index (χ4v) is 0.0465. The van der Waals surface area contributed by atoms with E-state index in [-0.39, 0.29) is 0 Å². The van der Waals surface area contributed by atoms with Crippen LogP contribution in [0.15, 0.2) is 0 Å². The summed E-state index contributed by atoms with van der Waals surface area (Å²) in [5.41, 5.74) is 0. The van der Waals surface area contributed by atoms with Crippen molar-refractivity contribution in [2.24, 2.45) is 0 Å². The average molecular weight is 86.0 g/mol. The van der Waals surface area contributed by atoms with Gasteiger partial charge in [-0.25, -0.2) is 4.79 Å². The van der Waals surface area contributed by atoms with Crippen molar-refractivity contribution in [3.05, 3.63) is 6.92 Å². The minimum absolute atomic E-state index is 0.884. The van der Waals surface area contributed by atoms with Crippen LogP contribution in [0.25, 0.3) is 0 Å². The quantitative estimate of drug-likeness (QED) is 0.317. The first-order chi connectivity index (χ1) is 2.77. The Morgan fingerprint density at radius 2 is 2.33 bits per heavy atom. The van der Waals surface area contributed by atoms with E-state index in [9.17, 15) is 4.79 Å². The summed E-state index contributed by atoms with van der Waals surface area (Å²) in [5.74, 6) is -0.884. The van der Waals surface area contributed by atoms with Gasteiger partial charge >= 0.3 is 12.4 Å². The van der Waals surface area contributed by atoms with Crippen LogP contribution in [0, 0.1) is 6.92 Å². The third kappa shape index (κ3) is 3.14. The molecule has 0 amide bonds. The van der Waals surface area contributed by atoms with Crippen LogP contribution in [0.5, 0.6) is 0 Å². The molecule has 0 aliphatic rings. The SMILES string of the molecule is [CH2]C(=O)O[C]=O. The van der Waals surface area contributed by atoms with Gasteiger partial charge in [-0.15, -0.1) is 0 Å². The summed E-state index contributed by atoms with van der Waals surface area (Å²) in [6.07, 6.45) is 0. The molecule has 0 heterocycles. The van der Waals surface area contributed by atoms with Gasteiger partial charge in [0.05, 0.1) is 6.92 Å². The maximum Gasteiger partial charge on any atom is 0.425 e. The fraction of sp³-hybridized carbons (Fsp3) is 0. The summed E-state index contributed by atoms with van der Waals surface area (Å²) in [5, 5.41) is 0. The molecule has 6 heavy (non-hydrogen) atoms. The van der Waals surface area contributed by atoms with Gasteiger partial charge in [-0.3, -0.25) is 4.79 Å². The van der Waals surface area contributed by atoms with Crippen LogP contribution in [-0.4, -0.2) is 12.4 Å². The van der Waals surface area contributed by atoms with Crippen LogP contribution in [0.1, 0.15) is 0 Å². The van der Waals surface area contributed by atoms with Crippen molar-refractivity contribution in [1.29, 1.82) is 0 Å². The predicted octanol–water partition coefficient (Wildman–Crippen LogP) is -0.569. The van der Waals surface area contributed by atoms with Gasteiger partial charge in [0.1, 0.15) is 0 Å². The highest BCUT2D eigenvalue weighted by atomic mass is 16.6. The monoisotopic (exact) mass is 86.0 g/mol. The highest BCUT2D eigenvalue weighted by molar-refractivity contribution is 5.79. The molecule has 0 aliphatic heterocycles. The van der Waals surface area contributed by atoms with Crippen LogP contribution in [-0.2, 0) is 14.3 Å². The smallest absolute Gasteiger partial charge is 0.384 e. The fourth-order valence-electron chi connectivity index (χ4n) is 0.0465. The van der Waals surface area contributed by atoms with Crippen molar-refractivity contribution >= 4 is 12.4 Å². The average Bonchev–Trinajstić information content (AvgIpc) is 1.35. The molecule has 0 rings (SSSR count). The zero-order valence-electron chi connectivity index (χ0n) is 2.93. The number of carbonyl (C=O) groups is 1. The van der Waals surface area contributed by atoms with Gasteiger partial charge in [0, 0.05) is 0 Å². The third-order valence-corrected chi connectivity index (χ3v) is 0.156. The number of rotatable bonds is 1. The van der Waals surface area contributed by atoms with Gasteiger partial charge in [-0.05, 0) is 0 Å². The van der Waals surface area contributed by atoms with E-state index in [0.29, 0.717) is 0 Å². The Kier molecular flexibility index (Phi) is 2.04. The minimum atomic E-state index is -0.884. The standard InChI is InChI=1S/C3H2O3/c1-3(5)6-2-4/h1H2. The van der Waals surface area contributed by atoms with E-state index in [2.05, 4.69) is 11.7 Å². The minimum Gasteiger partial charge on any atom is -0.384 e. The van der Waals surface area contributed by atoms with E-state index in [0.717, 1.165) is 6.47 Å². The van der Waals surface area contributed by atoms with Crippen LogP contribution in [0.3, 0.4) is 0 Å². The van der Waals surface area contributed by atoms with Gasteiger partial charge in [-0.2, -0.15) is 0 Å². The van der Waals surface area contributed by atoms with Gasteiger partial charge < -0.3 is 4.74 Å². The number of ether oxygens (including phenoxy) is 1. The van der Waals surface area contributed by atoms with Crippen molar-refractivity contribution in [2.75, 3.05) is 0 Å². The van der Waals surface area contributed by atoms with Crippen LogP contribution >= 0.6 is 0 Å². The maximum atomic E-state index is 9.45. The summed E-state index contributed by atoms with van der Waals surface area (Å²) in [4.78, 5) is 18.5. The highest BCUT2D eigenvalue weighted by Gasteiger charge is 1.84. The van der Waals surface area contributed by atoms with E-state index in [1.54, 1.807) is 0 Å². The summed E-state index contributed by atoms with van der Waals surface area (Å²) >= 11 is 0. The second-order valence-electron chi connectivity index (χ2n) is 0.557. The lowest BCUT2D eigenvalue weighted by molar-refractivity contribution is -0.130. The molecule has 32 valence electrons. The normalized spacial score (nSPS) is 6.83. The molecular formula is C3H2O3. The Morgan fingerprint density at radius 1 is 1.83 bits per heavy atom. The number of hydrogen-bond donors (Lipinski definition) is 0. The molecule has 0 aromatic carbocycles. The highest BCUT2D eigenvalue weighted by Crippen LogP contribution is 1.61. The lowest BCUT2D eigenvalue weighted by atomic mass is 10.8. The summed E-state index contributed by atoms with van der Waals surface area (Å²) in [6.45, 7) is 3.61. The van der Waals surface area contributed by atoms with Crippen LogP contribution in [0.4, 0.5) is 0 Å². The van der Waals surface area contributed by atoms with Crippen molar-refractivity contribution in [1.82, 2.24) is 0 Å². The van der Waals surface area contributed by atoms with Crippen molar-refractivity contribution in [2.45, 2.75) is 0 Å². The Morgan fingerprint density at radius 3 is 2.33 bits per heavy atom. The van der Waals surface area contributed by atoms with Crippen molar-refractivity contribution < 1.29 is 14.3 Å². The molecule has 0 saturated heterocycles. The molecule has 0 unspecified atom stereocenters. The molecule has 0 N–H and O–H groups in total. The number of carbonyl (C=O) groups excluding carboxylic acids is 2. The second kappa shape index (κ2) is 2.38. The largest absolute Gasteiger partial charge is 0.425 e. The molecule has 0 aromatic heterocycles. The lowest BCUT2D eigenvalue weighted by Gasteiger charge is -1.76. The van der Waals surface area contributed by atoms with Gasteiger partial charge in [0.2, 0.25) is 0 Å². The summed E-state index contributed by atoms with van der Waals surface area (Å²) < 4.78 is 3.49. The van der Waals surface area contributed by atoms with Crippen LogP contribution < -0.4 is 0 Å². The first-order valence-electron chi connectivity index (χ1n) is 1.17. The molecule has 3 heteroatoms. The molecule has 0 aromatic rings. The molecule has 3 nitrogen and oxygen atoms in total. The molecule has 2 radical (unpaired) electrons. The first-order valence-corrected chi connectivity index (χ1v) is 1.17. The van der Waals surface area contributed by atoms with Crippen molar-refractivity contribution in [3.63, 3.8) is 0 Å². The maximum absolute atomic E-state index is 9.45. The Bertz CT molecular complexity index is 66.4. The molecular weight excluding hydrogens is 84.0 g/mol. The molecule has 0 fully saturated rings. The molecule has 0 spiro atoms. The van der Waals surface area contributed by atoms with E-state index in [4.69, 9.17) is 4.79 Å². The summed E-state index contributed by atoms with van der Waals surface area (Å²) in [7, 11) is 0. The molecule has 0 aliphatic carbocycles. The Hall–Kier alpha value is -0.860. The van der Waals surface area contributed by atoms with Gasteiger partial charge in [0.15, 0.2) is 0 Å². The predicted molar refractivity (Wildman–Crippen MR) is 17.1 cm³/mol. The molecule has 0 atom stereocenters. The van der Waals surface area contributed by atoms with Gasteiger partial charge in [0.25, 0.3) is 0 Å². The lowest BCUT2D eigenvalue weighted by Crippen LogP contribution is -1.93. The first kappa shape index (κ1) is 5.14.